The molecule has 0 aliphatic carbocycles. The third-order valence-electron chi connectivity index (χ3n) is 5.02. The lowest BCUT2D eigenvalue weighted by atomic mass is 10.1. The van der Waals surface area contributed by atoms with Gasteiger partial charge in [-0.1, -0.05) is 18.2 Å². The molecule has 3 aromatic rings. The Kier molecular flexibility index (Phi) is 5.07. The Morgan fingerprint density at radius 2 is 1.93 bits per heavy atom. The maximum Gasteiger partial charge on any atom is 0.227 e. The Hall–Kier alpha value is -2.86. The van der Waals surface area contributed by atoms with Crippen LogP contribution in [0, 0.1) is 0 Å². The number of amides is 1. The zero-order valence-corrected chi connectivity index (χ0v) is 15.5. The summed E-state index contributed by atoms with van der Waals surface area (Å²) in [5, 5.41) is 4.62. The Morgan fingerprint density at radius 1 is 1.07 bits per heavy atom. The highest BCUT2D eigenvalue weighted by Crippen LogP contribution is 2.15. The SMILES string of the molecule is COc1cccc(CC(=O)N2CCN(Cc3cc4ccccn4n3)CC2)c1. The molecule has 0 radical (unpaired) electrons. The largest absolute Gasteiger partial charge is 0.497 e. The maximum absolute atomic E-state index is 12.6. The Bertz CT molecular complexity index is 896. The molecule has 0 spiro atoms. The van der Waals surface area contributed by atoms with Crippen molar-refractivity contribution >= 4 is 11.4 Å². The van der Waals surface area contributed by atoms with Crippen LogP contribution in [0.25, 0.3) is 5.52 Å². The molecule has 0 atom stereocenters. The second-order valence-corrected chi connectivity index (χ2v) is 6.89. The molecule has 2 aromatic heterocycles. The maximum atomic E-state index is 12.6. The summed E-state index contributed by atoms with van der Waals surface area (Å²) in [4.78, 5) is 16.9. The summed E-state index contributed by atoms with van der Waals surface area (Å²) in [6.07, 6.45) is 2.39. The van der Waals surface area contributed by atoms with Crippen LogP contribution in [-0.4, -0.2) is 58.6 Å². The standard InChI is InChI=1S/C21H24N4O2/c1-27-20-7-4-5-17(13-20)14-21(26)24-11-9-23(10-12-24)16-18-15-19-6-2-3-8-25(19)22-18/h2-8,13,15H,9-12,14,16H2,1H3. The van der Waals surface area contributed by atoms with E-state index in [1.165, 1.54) is 0 Å². The molecule has 0 unspecified atom stereocenters. The summed E-state index contributed by atoms with van der Waals surface area (Å²) in [5.41, 5.74) is 3.17. The van der Waals surface area contributed by atoms with Gasteiger partial charge in [0.1, 0.15) is 5.75 Å². The molecule has 6 nitrogen and oxygen atoms in total. The lowest BCUT2D eigenvalue weighted by Gasteiger charge is -2.34. The van der Waals surface area contributed by atoms with Gasteiger partial charge in [-0.25, -0.2) is 4.52 Å². The van der Waals surface area contributed by atoms with E-state index in [1.54, 1.807) is 7.11 Å². The molecule has 1 saturated heterocycles. The van der Waals surface area contributed by atoms with Crippen molar-refractivity contribution in [2.75, 3.05) is 33.3 Å². The summed E-state index contributed by atoms with van der Waals surface area (Å²) < 4.78 is 7.14. The number of hydrogen-bond acceptors (Lipinski definition) is 4. The van der Waals surface area contributed by atoms with Crippen molar-refractivity contribution in [1.29, 1.82) is 0 Å². The second-order valence-electron chi connectivity index (χ2n) is 6.89. The number of nitrogens with zero attached hydrogens (tertiary/aromatic N) is 4. The van der Waals surface area contributed by atoms with E-state index < -0.39 is 0 Å². The number of hydrogen-bond donors (Lipinski definition) is 0. The molecule has 4 rings (SSSR count). The van der Waals surface area contributed by atoms with Crippen LogP contribution >= 0.6 is 0 Å². The third-order valence-corrected chi connectivity index (χ3v) is 5.02. The Labute approximate surface area is 159 Å². The van der Waals surface area contributed by atoms with Crippen molar-refractivity contribution in [3.8, 4) is 5.75 Å². The van der Waals surface area contributed by atoms with Gasteiger partial charge in [-0.15, -0.1) is 0 Å². The monoisotopic (exact) mass is 364 g/mol. The summed E-state index contributed by atoms with van der Waals surface area (Å²) in [7, 11) is 1.64. The van der Waals surface area contributed by atoms with Gasteiger partial charge < -0.3 is 9.64 Å². The van der Waals surface area contributed by atoms with Crippen molar-refractivity contribution in [1.82, 2.24) is 19.4 Å². The molecule has 1 aromatic carbocycles. The van der Waals surface area contributed by atoms with Gasteiger partial charge in [0.05, 0.1) is 24.7 Å². The highest BCUT2D eigenvalue weighted by Gasteiger charge is 2.22. The van der Waals surface area contributed by atoms with E-state index in [1.807, 2.05) is 52.0 Å². The van der Waals surface area contributed by atoms with Crippen LogP contribution in [0.3, 0.4) is 0 Å². The summed E-state index contributed by atoms with van der Waals surface area (Å²) in [5.74, 6) is 0.966. The fourth-order valence-electron chi connectivity index (χ4n) is 3.52. The molecule has 1 aliphatic rings. The fraction of sp³-hybridized carbons (Fsp3) is 0.333. The summed E-state index contributed by atoms with van der Waals surface area (Å²) in [6, 6.07) is 15.9. The predicted molar refractivity (Wildman–Crippen MR) is 104 cm³/mol. The normalized spacial score (nSPS) is 15.2. The first-order chi connectivity index (χ1) is 13.2. The van der Waals surface area contributed by atoms with Gasteiger partial charge in [-0.05, 0) is 35.9 Å². The van der Waals surface area contributed by atoms with Gasteiger partial charge in [0.2, 0.25) is 5.91 Å². The minimum Gasteiger partial charge on any atom is -0.497 e. The number of carbonyl (C=O) groups is 1. The van der Waals surface area contributed by atoms with Gasteiger partial charge in [0.15, 0.2) is 0 Å². The lowest BCUT2D eigenvalue weighted by molar-refractivity contribution is -0.132. The van der Waals surface area contributed by atoms with Crippen LogP contribution in [0.2, 0.25) is 0 Å². The first kappa shape index (κ1) is 17.5. The minimum atomic E-state index is 0.177. The molecule has 0 N–H and O–H groups in total. The highest BCUT2D eigenvalue weighted by molar-refractivity contribution is 5.79. The van der Waals surface area contributed by atoms with E-state index in [-0.39, 0.29) is 5.91 Å². The molecule has 0 bridgehead atoms. The van der Waals surface area contributed by atoms with Crippen molar-refractivity contribution in [3.63, 3.8) is 0 Å². The zero-order chi connectivity index (χ0) is 18.6. The van der Waals surface area contributed by atoms with Crippen molar-refractivity contribution < 1.29 is 9.53 Å². The van der Waals surface area contributed by atoms with Gasteiger partial charge in [-0.3, -0.25) is 9.69 Å². The van der Waals surface area contributed by atoms with Crippen LogP contribution in [0.1, 0.15) is 11.3 Å². The fourth-order valence-corrected chi connectivity index (χ4v) is 3.52. The quantitative estimate of drug-likeness (QED) is 0.697. The number of benzene rings is 1. The number of pyridine rings is 1. The lowest BCUT2D eigenvalue weighted by Crippen LogP contribution is -2.48. The number of ether oxygens (including phenoxy) is 1. The number of methoxy groups -OCH3 is 1. The minimum absolute atomic E-state index is 0.177. The first-order valence-electron chi connectivity index (χ1n) is 9.27. The average molecular weight is 364 g/mol. The Balaban J connectivity index is 1.30. The van der Waals surface area contributed by atoms with Gasteiger partial charge in [0, 0.05) is 38.9 Å². The smallest absolute Gasteiger partial charge is 0.227 e. The van der Waals surface area contributed by atoms with E-state index in [9.17, 15) is 4.79 Å². The van der Waals surface area contributed by atoms with E-state index in [4.69, 9.17) is 4.74 Å². The van der Waals surface area contributed by atoms with Crippen molar-refractivity contribution in [3.05, 3.63) is 66.0 Å². The molecule has 27 heavy (non-hydrogen) atoms. The Morgan fingerprint density at radius 3 is 2.70 bits per heavy atom. The highest BCUT2D eigenvalue weighted by atomic mass is 16.5. The number of piperazine rings is 1. The van der Waals surface area contributed by atoms with Gasteiger partial charge in [-0.2, -0.15) is 5.10 Å². The number of rotatable bonds is 5. The first-order valence-corrected chi connectivity index (χ1v) is 9.27. The molecular weight excluding hydrogens is 340 g/mol. The van der Waals surface area contributed by atoms with E-state index in [2.05, 4.69) is 22.1 Å². The van der Waals surface area contributed by atoms with Crippen LogP contribution < -0.4 is 4.74 Å². The van der Waals surface area contributed by atoms with Crippen LogP contribution in [0.15, 0.2) is 54.7 Å². The molecule has 3 heterocycles. The summed E-state index contributed by atoms with van der Waals surface area (Å²) >= 11 is 0. The average Bonchev–Trinajstić information content (AvgIpc) is 3.11. The van der Waals surface area contributed by atoms with Crippen LogP contribution in [0.4, 0.5) is 0 Å². The van der Waals surface area contributed by atoms with E-state index in [0.717, 1.165) is 55.2 Å². The molecule has 1 amide bonds. The van der Waals surface area contributed by atoms with E-state index >= 15 is 0 Å². The third kappa shape index (κ3) is 4.11. The zero-order valence-electron chi connectivity index (χ0n) is 15.5. The second kappa shape index (κ2) is 7.80. The van der Waals surface area contributed by atoms with Crippen molar-refractivity contribution in [2.24, 2.45) is 0 Å². The predicted octanol–water partition coefficient (Wildman–Crippen LogP) is 2.23. The molecule has 0 saturated carbocycles. The van der Waals surface area contributed by atoms with Crippen molar-refractivity contribution in [2.45, 2.75) is 13.0 Å². The van der Waals surface area contributed by atoms with Crippen LogP contribution in [-0.2, 0) is 17.8 Å². The molecular formula is C21H24N4O2. The van der Waals surface area contributed by atoms with Crippen LogP contribution in [0.5, 0.6) is 5.75 Å². The topological polar surface area (TPSA) is 50.1 Å². The number of aromatic nitrogens is 2. The molecule has 140 valence electrons. The molecule has 6 heteroatoms. The molecule has 1 fully saturated rings. The summed E-state index contributed by atoms with van der Waals surface area (Å²) in [6.45, 7) is 4.08. The van der Waals surface area contributed by atoms with Gasteiger partial charge in [0.25, 0.3) is 0 Å². The molecule has 1 aliphatic heterocycles. The van der Waals surface area contributed by atoms with Gasteiger partial charge >= 0.3 is 0 Å². The number of carbonyl (C=O) groups excluding carboxylic acids is 1. The van der Waals surface area contributed by atoms with E-state index in [0.29, 0.717) is 6.42 Å². The number of fused-ring (bicyclic) bond motifs is 1.